The summed E-state index contributed by atoms with van der Waals surface area (Å²) in [5.41, 5.74) is 4.29. The predicted molar refractivity (Wildman–Crippen MR) is 78.4 cm³/mol. The van der Waals surface area contributed by atoms with Gasteiger partial charge in [0.25, 0.3) is 0 Å². The van der Waals surface area contributed by atoms with Gasteiger partial charge >= 0.3 is 0 Å². The van der Waals surface area contributed by atoms with E-state index in [9.17, 15) is 5.11 Å². The first kappa shape index (κ1) is 11.8. The van der Waals surface area contributed by atoms with Gasteiger partial charge in [0.05, 0.1) is 5.52 Å². The van der Waals surface area contributed by atoms with E-state index in [1.54, 1.807) is 6.07 Å². The minimum atomic E-state index is 0.292. The molecule has 0 saturated carbocycles. The molecule has 96 valence electrons. The van der Waals surface area contributed by atoms with Gasteiger partial charge in [-0.1, -0.05) is 19.1 Å². The van der Waals surface area contributed by atoms with Crippen LogP contribution in [0.25, 0.3) is 22.6 Å². The van der Waals surface area contributed by atoms with Gasteiger partial charge in [0, 0.05) is 23.3 Å². The van der Waals surface area contributed by atoms with Crippen molar-refractivity contribution in [1.29, 1.82) is 0 Å². The minimum absolute atomic E-state index is 0.292. The number of aromatic nitrogens is 2. The number of pyridine rings is 1. The molecule has 3 rings (SSSR count). The smallest absolute Gasteiger partial charge is 0.144 e. The van der Waals surface area contributed by atoms with Crippen molar-refractivity contribution >= 4 is 22.6 Å². The lowest BCUT2D eigenvalue weighted by atomic mass is 10.0. The quantitative estimate of drug-likeness (QED) is 0.750. The van der Waals surface area contributed by atoms with E-state index >= 15 is 0 Å². The molecule has 2 aromatic heterocycles. The van der Waals surface area contributed by atoms with Crippen molar-refractivity contribution < 1.29 is 5.11 Å². The summed E-state index contributed by atoms with van der Waals surface area (Å²) in [5.74, 6) is 0.292. The van der Waals surface area contributed by atoms with E-state index in [2.05, 4.69) is 35.4 Å². The van der Waals surface area contributed by atoms with Gasteiger partial charge in [0.1, 0.15) is 11.4 Å². The third kappa shape index (κ3) is 1.78. The maximum atomic E-state index is 9.70. The van der Waals surface area contributed by atoms with Gasteiger partial charge in [-0.2, -0.15) is 0 Å². The maximum Gasteiger partial charge on any atom is 0.144 e. The monoisotopic (exact) mass is 252 g/mol. The van der Waals surface area contributed by atoms with Gasteiger partial charge in [-0.3, -0.25) is 4.40 Å². The number of hydrogen-bond acceptors (Lipinski definition) is 2. The molecule has 0 fully saturated rings. The van der Waals surface area contributed by atoms with E-state index < -0.39 is 0 Å². The molecule has 0 bridgehead atoms. The second kappa shape index (κ2) is 4.43. The Bertz CT molecular complexity index is 784. The molecule has 0 aliphatic rings. The lowest BCUT2D eigenvalue weighted by Gasteiger charge is -2.10. The first-order chi connectivity index (χ1) is 9.22. The van der Waals surface area contributed by atoms with E-state index in [4.69, 9.17) is 0 Å². The Morgan fingerprint density at radius 1 is 1.37 bits per heavy atom. The first-order valence-corrected chi connectivity index (χ1v) is 6.47. The standard InChI is InChI=1S/C16H16N2O/c1-3-4-5-13-11(2)14-10-12(19)6-7-15(14)18-9-8-17-16(13)18/h4-10,19H,3H2,1-2H3/b5-4-. The Balaban J connectivity index is 2.48. The summed E-state index contributed by atoms with van der Waals surface area (Å²) in [7, 11) is 0. The van der Waals surface area contributed by atoms with Crippen LogP contribution in [-0.4, -0.2) is 14.5 Å². The zero-order valence-electron chi connectivity index (χ0n) is 11.1. The SMILES string of the molecule is CC/C=C\c1c(C)c2cc(O)ccc2n2ccnc12. The highest BCUT2D eigenvalue weighted by atomic mass is 16.3. The van der Waals surface area contributed by atoms with Crippen molar-refractivity contribution in [2.75, 3.05) is 0 Å². The second-order valence-corrected chi connectivity index (χ2v) is 4.67. The molecular weight excluding hydrogens is 236 g/mol. The number of rotatable bonds is 2. The highest BCUT2D eigenvalue weighted by Crippen LogP contribution is 2.29. The normalized spacial score (nSPS) is 11.9. The average molecular weight is 252 g/mol. The van der Waals surface area contributed by atoms with Crippen LogP contribution < -0.4 is 0 Å². The molecule has 3 nitrogen and oxygen atoms in total. The van der Waals surface area contributed by atoms with Crippen molar-refractivity contribution in [3.63, 3.8) is 0 Å². The fourth-order valence-electron chi connectivity index (χ4n) is 2.48. The van der Waals surface area contributed by atoms with Gasteiger partial charge in [0.15, 0.2) is 0 Å². The molecule has 0 aliphatic heterocycles. The van der Waals surface area contributed by atoms with Crippen LogP contribution in [0.2, 0.25) is 0 Å². The number of imidazole rings is 1. The zero-order chi connectivity index (χ0) is 13.4. The lowest BCUT2D eigenvalue weighted by Crippen LogP contribution is -1.95. The summed E-state index contributed by atoms with van der Waals surface area (Å²) in [6.45, 7) is 4.19. The predicted octanol–water partition coefficient (Wildman–Crippen LogP) is 3.92. The summed E-state index contributed by atoms with van der Waals surface area (Å²) >= 11 is 0. The molecule has 1 N–H and O–H groups in total. The molecule has 2 heterocycles. The zero-order valence-corrected chi connectivity index (χ0v) is 11.1. The number of allylic oxidation sites excluding steroid dienone is 1. The van der Waals surface area contributed by atoms with E-state index in [1.807, 2.05) is 24.5 Å². The van der Waals surface area contributed by atoms with Crippen molar-refractivity contribution in [2.24, 2.45) is 0 Å². The summed E-state index contributed by atoms with van der Waals surface area (Å²) < 4.78 is 2.07. The van der Waals surface area contributed by atoms with Crippen LogP contribution in [0.4, 0.5) is 0 Å². The van der Waals surface area contributed by atoms with Crippen LogP contribution in [0.5, 0.6) is 5.75 Å². The molecule has 0 aliphatic carbocycles. The third-order valence-electron chi connectivity index (χ3n) is 3.45. The van der Waals surface area contributed by atoms with Crippen LogP contribution >= 0.6 is 0 Å². The number of fused-ring (bicyclic) bond motifs is 3. The molecular formula is C16H16N2O. The van der Waals surface area contributed by atoms with E-state index in [0.717, 1.165) is 34.1 Å². The number of nitrogens with zero attached hydrogens (tertiary/aromatic N) is 2. The average Bonchev–Trinajstić information content (AvgIpc) is 2.88. The fourth-order valence-corrected chi connectivity index (χ4v) is 2.48. The van der Waals surface area contributed by atoms with Crippen LogP contribution in [0.1, 0.15) is 24.5 Å². The molecule has 0 saturated heterocycles. The summed E-state index contributed by atoms with van der Waals surface area (Å²) in [6, 6.07) is 5.45. The minimum Gasteiger partial charge on any atom is -0.508 e. The van der Waals surface area contributed by atoms with Gasteiger partial charge in [-0.25, -0.2) is 4.98 Å². The maximum absolute atomic E-state index is 9.70. The Kier molecular flexibility index (Phi) is 2.75. The molecule has 0 unspecified atom stereocenters. The molecule has 0 spiro atoms. The Morgan fingerprint density at radius 3 is 3.00 bits per heavy atom. The van der Waals surface area contributed by atoms with Gasteiger partial charge in [0.2, 0.25) is 0 Å². The van der Waals surface area contributed by atoms with Gasteiger partial charge in [-0.15, -0.1) is 0 Å². The molecule has 3 aromatic rings. The molecule has 19 heavy (non-hydrogen) atoms. The number of aryl methyl sites for hydroxylation is 1. The Hall–Kier alpha value is -2.29. The second-order valence-electron chi connectivity index (χ2n) is 4.67. The highest BCUT2D eigenvalue weighted by molar-refractivity contribution is 5.91. The van der Waals surface area contributed by atoms with Crippen LogP contribution in [0, 0.1) is 6.92 Å². The van der Waals surface area contributed by atoms with Crippen LogP contribution in [0.15, 0.2) is 36.7 Å². The van der Waals surface area contributed by atoms with Gasteiger partial charge in [-0.05, 0) is 37.1 Å². The highest BCUT2D eigenvalue weighted by Gasteiger charge is 2.10. The molecule has 0 amide bonds. The Morgan fingerprint density at radius 2 is 2.21 bits per heavy atom. The molecule has 1 aromatic carbocycles. The van der Waals surface area contributed by atoms with Crippen LogP contribution in [-0.2, 0) is 0 Å². The number of phenolic OH excluding ortho intramolecular Hbond substituents is 1. The Labute approximate surface area is 111 Å². The molecule has 0 atom stereocenters. The van der Waals surface area contributed by atoms with Crippen LogP contribution in [0.3, 0.4) is 0 Å². The number of hydrogen-bond donors (Lipinski definition) is 1. The van der Waals surface area contributed by atoms with E-state index in [0.29, 0.717) is 5.75 Å². The first-order valence-electron chi connectivity index (χ1n) is 6.47. The number of benzene rings is 1. The van der Waals surface area contributed by atoms with Crippen molar-refractivity contribution in [1.82, 2.24) is 9.38 Å². The van der Waals surface area contributed by atoms with Gasteiger partial charge < -0.3 is 5.11 Å². The van der Waals surface area contributed by atoms with E-state index in [1.165, 1.54) is 0 Å². The van der Waals surface area contributed by atoms with Crippen molar-refractivity contribution in [3.8, 4) is 5.75 Å². The van der Waals surface area contributed by atoms with Crippen molar-refractivity contribution in [3.05, 3.63) is 47.8 Å². The number of phenols is 1. The third-order valence-corrected chi connectivity index (χ3v) is 3.45. The molecule has 0 radical (unpaired) electrons. The fraction of sp³-hybridized carbons (Fsp3) is 0.188. The van der Waals surface area contributed by atoms with Crippen molar-refractivity contribution in [2.45, 2.75) is 20.3 Å². The molecule has 3 heteroatoms. The lowest BCUT2D eigenvalue weighted by molar-refractivity contribution is 0.476. The largest absolute Gasteiger partial charge is 0.508 e. The summed E-state index contributed by atoms with van der Waals surface area (Å²) in [5, 5.41) is 10.8. The topological polar surface area (TPSA) is 37.5 Å². The summed E-state index contributed by atoms with van der Waals surface area (Å²) in [4.78, 5) is 4.45. The van der Waals surface area contributed by atoms with E-state index in [-0.39, 0.29) is 0 Å². The number of aromatic hydroxyl groups is 1. The summed E-state index contributed by atoms with van der Waals surface area (Å²) in [6.07, 6.45) is 9.00.